The van der Waals surface area contributed by atoms with Gasteiger partial charge in [-0.05, 0) is 61.2 Å². The molecule has 5 nitrogen and oxygen atoms in total. The first-order valence-corrected chi connectivity index (χ1v) is 10.2. The van der Waals surface area contributed by atoms with Crippen molar-refractivity contribution in [1.29, 1.82) is 0 Å². The van der Waals surface area contributed by atoms with E-state index in [2.05, 4.69) is 9.71 Å². The zero-order chi connectivity index (χ0) is 19.6. The van der Waals surface area contributed by atoms with E-state index in [1.807, 2.05) is 32.0 Å². The topological polar surface area (TPSA) is 79.0 Å². The normalized spacial score (nSPS) is 11.8. The number of aromatic nitrogens is 1. The Balaban J connectivity index is 1.70. The number of nitrogens with one attached hydrogen (secondary N) is 2. The van der Waals surface area contributed by atoms with Crippen LogP contribution in [0.15, 0.2) is 47.3 Å². The Morgan fingerprint density at radius 1 is 1.07 bits per heavy atom. The third-order valence-electron chi connectivity index (χ3n) is 4.38. The van der Waals surface area contributed by atoms with Gasteiger partial charge in [-0.1, -0.05) is 18.2 Å². The standard InChI is InChI=1S/C20H21FN2O3S/c1-13-9-14(2)18-11-16(20(24)23-19(18)10-13)7-8-22-27(25,26)12-15-3-5-17(21)6-4-15/h3-6,9-11,22H,7-8,12H2,1-2H3,(H,23,24). The third-order valence-corrected chi connectivity index (χ3v) is 5.73. The Kier molecular flexibility index (Phi) is 5.43. The van der Waals surface area contributed by atoms with Gasteiger partial charge in [0.25, 0.3) is 5.56 Å². The van der Waals surface area contributed by atoms with Crippen LogP contribution in [0.1, 0.15) is 22.3 Å². The van der Waals surface area contributed by atoms with Crippen molar-refractivity contribution >= 4 is 20.9 Å². The van der Waals surface area contributed by atoms with Crippen molar-refractivity contribution in [2.24, 2.45) is 0 Å². The second-order valence-corrected chi connectivity index (χ2v) is 8.50. The average molecular weight is 388 g/mol. The van der Waals surface area contributed by atoms with Crippen LogP contribution >= 0.6 is 0 Å². The minimum absolute atomic E-state index is 0.114. The van der Waals surface area contributed by atoms with Gasteiger partial charge in [-0.3, -0.25) is 4.79 Å². The fraction of sp³-hybridized carbons (Fsp3) is 0.250. The maximum absolute atomic E-state index is 12.9. The predicted molar refractivity (Wildman–Crippen MR) is 105 cm³/mol. The summed E-state index contributed by atoms with van der Waals surface area (Å²) in [5, 5.41) is 0.948. The van der Waals surface area contributed by atoms with Gasteiger partial charge in [-0.25, -0.2) is 17.5 Å². The van der Waals surface area contributed by atoms with E-state index in [0.717, 1.165) is 22.0 Å². The Morgan fingerprint density at radius 2 is 1.78 bits per heavy atom. The first kappa shape index (κ1) is 19.3. The summed E-state index contributed by atoms with van der Waals surface area (Å²) in [6.07, 6.45) is 0.279. The van der Waals surface area contributed by atoms with Crippen LogP contribution in [0, 0.1) is 19.7 Å². The minimum atomic E-state index is -3.57. The Labute approximate surface area is 157 Å². The zero-order valence-corrected chi connectivity index (χ0v) is 16.0. The number of hydrogen-bond donors (Lipinski definition) is 2. The number of pyridine rings is 1. The molecule has 0 fully saturated rings. The molecular formula is C20H21FN2O3S. The number of hydrogen-bond acceptors (Lipinski definition) is 3. The second kappa shape index (κ2) is 7.62. The van der Waals surface area contributed by atoms with Crippen LogP contribution in [0.4, 0.5) is 4.39 Å². The summed E-state index contributed by atoms with van der Waals surface area (Å²) in [4.78, 5) is 15.1. The highest BCUT2D eigenvalue weighted by molar-refractivity contribution is 7.88. The van der Waals surface area contributed by atoms with Crippen LogP contribution < -0.4 is 10.3 Å². The van der Waals surface area contributed by atoms with E-state index in [9.17, 15) is 17.6 Å². The molecule has 0 atom stereocenters. The molecule has 7 heteroatoms. The first-order valence-electron chi connectivity index (χ1n) is 8.58. The van der Waals surface area contributed by atoms with Gasteiger partial charge in [0.15, 0.2) is 0 Å². The number of rotatable bonds is 6. The average Bonchev–Trinajstić information content (AvgIpc) is 2.57. The molecule has 0 aliphatic rings. The molecule has 0 radical (unpaired) electrons. The summed E-state index contributed by atoms with van der Waals surface area (Å²) in [5.74, 6) is -0.648. The van der Waals surface area contributed by atoms with Crippen molar-refractivity contribution < 1.29 is 12.8 Å². The number of benzene rings is 2. The lowest BCUT2D eigenvalue weighted by atomic mass is 10.0. The molecule has 3 rings (SSSR count). The van der Waals surface area contributed by atoms with Crippen molar-refractivity contribution in [2.45, 2.75) is 26.0 Å². The lowest BCUT2D eigenvalue weighted by molar-refractivity contribution is 0.580. The maximum atomic E-state index is 12.9. The lowest BCUT2D eigenvalue weighted by Crippen LogP contribution is -2.28. The molecule has 2 aromatic carbocycles. The van der Waals surface area contributed by atoms with Crippen molar-refractivity contribution in [3.8, 4) is 0 Å². The Bertz CT molecular complexity index is 1140. The van der Waals surface area contributed by atoms with Gasteiger partial charge in [-0.15, -0.1) is 0 Å². The van der Waals surface area contributed by atoms with Crippen LogP contribution in [0.25, 0.3) is 10.9 Å². The largest absolute Gasteiger partial charge is 0.322 e. The molecule has 1 heterocycles. The van der Waals surface area contributed by atoms with Crippen molar-refractivity contribution in [3.63, 3.8) is 0 Å². The van der Waals surface area contributed by atoms with Crippen molar-refractivity contribution in [3.05, 3.63) is 80.9 Å². The van der Waals surface area contributed by atoms with Gasteiger partial charge < -0.3 is 4.98 Å². The van der Waals surface area contributed by atoms with Gasteiger partial charge in [0.1, 0.15) is 5.82 Å². The van der Waals surface area contributed by atoms with Crippen molar-refractivity contribution in [2.75, 3.05) is 6.54 Å². The van der Waals surface area contributed by atoms with E-state index in [1.54, 1.807) is 0 Å². The molecule has 0 amide bonds. The van der Waals surface area contributed by atoms with E-state index in [-0.39, 0.29) is 24.3 Å². The molecule has 1 aromatic heterocycles. The minimum Gasteiger partial charge on any atom is -0.322 e. The predicted octanol–water partition coefficient (Wildman–Crippen LogP) is 2.95. The van der Waals surface area contributed by atoms with Crippen LogP contribution in [0.2, 0.25) is 0 Å². The molecule has 0 aliphatic heterocycles. The number of aromatic amines is 1. The summed E-state index contributed by atoms with van der Waals surface area (Å²) in [5.41, 5.74) is 3.71. The molecular weight excluding hydrogens is 367 g/mol. The molecule has 0 saturated carbocycles. The van der Waals surface area contributed by atoms with Gasteiger partial charge >= 0.3 is 0 Å². The third kappa shape index (κ3) is 4.81. The van der Waals surface area contributed by atoms with E-state index < -0.39 is 15.8 Å². The highest BCUT2D eigenvalue weighted by atomic mass is 32.2. The Morgan fingerprint density at radius 3 is 2.48 bits per heavy atom. The lowest BCUT2D eigenvalue weighted by Gasteiger charge is -2.09. The number of fused-ring (bicyclic) bond motifs is 1. The molecule has 0 spiro atoms. The summed E-state index contributed by atoms with van der Waals surface area (Å²) in [6.45, 7) is 4.06. The van der Waals surface area contributed by atoms with Gasteiger partial charge in [0.05, 0.1) is 5.75 Å². The Hall–Kier alpha value is -2.51. The van der Waals surface area contributed by atoms with Crippen LogP contribution in [0.3, 0.4) is 0 Å². The molecule has 142 valence electrons. The molecule has 0 bridgehead atoms. The summed E-state index contributed by atoms with van der Waals surface area (Å²) < 4.78 is 39.8. The zero-order valence-electron chi connectivity index (χ0n) is 15.2. The van der Waals surface area contributed by atoms with E-state index >= 15 is 0 Å². The fourth-order valence-corrected chi connectivity index (χ4v) is 4.24. The van der Waals surface area contributed by atoms with Gasteiger partial charge in [0.2, 0.25) is 10.0 Å². The quantitative estimate of drug-likeness (QED) is 0.681. The van der Waals surface area contributed by atoms with E-state index in [1.165, 1.54) is 24.3 Å². The van der Waals surface area contributed by atoms with Crippen LogP contribution in [-0.2, 0) is 22.2 Å². The van der Waals surface area contributed by atoms with Crippen LogP contribution in [0.5, 0.6) is 0 Å². The van der Waals surface area contributed by atoms with E-state index in [0.29, 0.717) is 11.1 Å². The molecule has 3 aromatic rings. The van der Waals surface area contributed by atoms with Crippen molar-refractivity contribution in [1.82, 2.24) is 9.71 Å². The van der Waals surface area contributed by atoms with Gasteiger partial charge in [-0.2, -0.15) is 0 Å². The van der Waals surface area contributed by atoms with E-state index in [4.69, 9.17) is 0 Å². The molecule has 27 heavy (non-hydrogen) atoms. The number of H-pyrrole nitrogens is 1. The highest BCUT2D eigenvalue weighted by Gasteiger charge is 2.12. The highest BCUT2D eigenvalue weighted by Crippen LogP contribution is 2.18. The molecule has 2 N–H and O–H groups in total. The fourth-order valence-electron chi connectivity index (χ4n) is 3.09. The number of sulfonamides is 1. The monoisotopic (exact) mass is 388 g/mol. The number of aryl methyl sites for hydroxylation is 2. The smallest absolute Gasteiger partial charge is 0.251 e. The van der Waals surface area contributed by atoms with Gasteiger partial charge in [0, 0.05) is 23.0 Å². The maximum Gasteiger partial charge on any atom is 0.251 e. The second-order valence-electron chi connectivity index (χ2n) is 6.70. The summed E-state index contributed by atoms with van der Waals surface area (Å²) >= 11 is 0. The SMILES string of the molecule is Cc1cc(C)c2cc(CCNS(=O)(=O)Cc3ccc(F)cc3)c(=O)[nH]c2c1. The summed E-state index contributed by atoms with van der Waals surface area (Å²) in [7, 11) is -3.57. The molecule has 0 unspecified atom stereocenters. The number of halogens is 1. The first-order chi connectivity index (χ1) is 12.7. The molecule has 0 saturated heterocycles. The van der Waals surface area contributed by atoms with Crippen LogP contribution in [-0.4, -0.2) is 19.9 Å². The summed E-state index contributed by atoms with van der Waals surface area (Å²) in [6, 6.07) is 11.1. The molecule has 0 aliphatic carbocycles.